The van der Waals surface area contributed by atoms with E-state index < -0.39 is 4.92 Å². The highest BCUT2D eigenvalue weighted by Crippen LogP contribution is 2.27. The SMILES string of the molecule is CC1CCCC(CO)N1Cc1nc2cc([N+](=O)[O-])ccc2o1. The maximum Gasteiger partial charge on any atom is 0.271 e. The number of hydrogen-bond donors (Lipinski definition) is 1. The minimum absolute atomic E-state index is 0.00641. The number of rotatable bonds is 4. The van der Waals surface area contributed by atoms with Crippen LogP contribution in [0.15, 0.2) is 22.6 Å². The minimum atomic E-state index is -0.442. The second-order valence-electron chi connectivity index (χ2n) is 5.81. The zero-order valence-corrected chi connectivity index (χ0v) is 12.4. The summed E-state index contributed by atoms with van der Waals surface area (Å²) in [5, 5.41) is 20.3. The normalized spacial score (nSPS) is 23.0. The molecule has 22 heavy (non-hydrogen) atoms. The van der Waals surface area contributed by atoms with Crippen LogP contribution in [0.5, 0.6) is 0 Å². The van der Waals surface area contributed by atoms with Gasteiger partial charge in [-0.05, 0) is 25.8 Å². The predicted octanol–water partition coefficient (Wildman–Crippen LogP) is 2.47. The summed E-state index contributed by atoms with van der Waals surface area (Å²) in [6, 6.07) is 4.89. The minimum Gasteiger partial charge on any atom is -0.439 e. The molecule has 2 unspecified atom stereocenters. The van der Waals surface area contributed by atoms with Crippen molar-refractivity contribution in [2.24, 2.45) is 0 Å². The number of aromatic nitrogens is 1. The Balaban J connectivity index is 1.85. The molecular weight excluding hydrogens is 286 g/mol. The number of nitrogens with zero attached hydrogens (tertiary/aromatic N) is 3. The first-order chi connectivity index (χ1) is 10.6. The molecule has 1 saturated heterocycles. The molecule has 3 rings (SSSR count). The summed E-state index contributed by atoms with van der Waals surface area (Å²) >= 11 is 0. The molecule has 1 aliphatic heterocycles. The van der Waals surface area contributed by atoms with Crippen LogP contribution in [0.4, 0.5) is 5.69 Å². The summed E-state index contributed by atoms with van der Waals surface area (Å²) in [5.74, 6) is 0.530. The predicted molar refractivity (Wildman–Crippen MR) is 80.4 cm³/mol. The second kappa shape index (κ2) is 6.02. The number of benzene rings is 1. The maximum absolute atomic E-state index is 10.8. The van der Waals surface area contributed by atoms with Crippen molar-refractivity contribution in [1.29, 1.82) is 0 Å². The van der Waals surface area contributed by atoms with Crippen molar-refractivity contribution in [3.8, 4) is 0 Å². The Hall–Kier alpha value is -1.99. The van der Waals surface area contributed by atoms with Crippen LogP contribution in [0.2, 0.25) is 0 Å². The Morgan fingerprint density at radius 2 is 2.32 bits per heavy atom. The van der Waals surface area contributed by atoms with Gasteiger partial charge in [-0.3, -0.25) is 15.0 Å². The highest BCUT2D eigenvalue weighted by Gasteiger charge is 2.28. The zero-order chi connectivity index (χ0) is 15.7. The molecule has 1 aromatic carbocycles. The van der Waals surface area contributed by atoms with E-state index in [2.05, 4.69) is 16.8 Å². The Morgan fingerprint density at radius 3 is 3.05 bits per heavy atom. The molecule has 1 aromatic heterocycles. The van der Waals surface area contributed by atoms with Crippen LogP contribution in [-0.2, 0) is 6.54 Å². The summed E-state index contributed by atoms with van der Waals surface area (Å²) in [6.45, 7) is 2.76. The van der Waals surface area contributed by atoms with E-state index in [4.69, 9.17) is 4.42 Å². The third-order valence-corrected chi connectivity index (χ3v) is 4.35. The molecule has 0 spiro atoms. The summed E-state index contributed by atoms with van der Waals surface area (Å²) in [6.07, 6.45) is 3.16. The van der Waals surface area contributed by atoms with Gasteiger partial charge in [-0.2, -0.15) is 0 Å². The van der Waals surface area contributed by atoms with Gasteiger partial charge in [-0.1, -0.05) is 6.42 Å². The van der Waals surface area contributed by atoms with Crippen molar-refractivity contribution >= 4 is 16.8 Å². The molecule has 1 fully saturated rings. The molecule has 2 heterocycles. The Kier molecular flexibility index (Phi) is 4.08. The van der Waals surface area contributed by atoms with Gasteiger partial charge in [-0.15, -0.1) is 0 Å². The van der Waals surface area contributed by atoms with Crippen molar-refractivity contribution in [3.63, 3.8) is 0 Å². The molecule has 0 radical (unpaired) electrons. The lowest BCUT2D eigenvalue weighted by Crippen LogP contribution is -2.46. The monoisotopic (exact) mass is 305 g/mol. The van der Waals surface area contributed by atoms with Gasteiger partial charge in [0.1, 0.15) is 5.52 Å². The molecule has 2 aromatic rings. The van der Waals surface area contributed by atoms with Crippen LogP contribution >= 0.6 is 0 Å². The van der Waals surface area contributed by atoms with Crippen molar-refractivity contribution in [2.75, 3.05) is 6.61 Å². The number of fused-ring (bicyclic) bond motifs is 1. The molecule has 7 heteroatoms. The third-order valence-electron chi connectivity index (χ3n) is 4.35. The highest BCUT2D eigenvalue weighted by molar-refractivity contribution is 5.75. The molecule has 1 N–H and O–H groups in total. The zero-order valence-electron chi connectivity index (χ0n) is 12.4. The lowest BCUT2D eigenvalue weighted by atomic mass is 9.97. The lowest BCUT2D eigenvalue weighted by molar-refractivity contribution is -0.384. The van der Waals surface area contributed by atoms with Crippen LogP contribution in [0.25, 0.3) is 11.1 Å². The molecule has 0 bridgehead atoms. The van der Waals surface area contributed by atoms with Gasteiger partial charge in [0.25, 0.3) is 5.69 Å². The summed E-state index contributed by atoms with van der Waals surface area (Å²) < 4.78 is 5.69. The van der Waals surface area contributed by atoms with Gasteiger partial charge in [0, 0.05) is 24.2 Å². The van der Waals surface area contributed by atoms with Crippen LogP contribution in [0.1, 0.15) is 32.1 Å². The molecule has 1 aliphatic rings. The number of piperidine rings is 1. The number of nitro benzene ring substituents is 1. The number of non-ortho nitro benzene ring substituents is 1. The van der Waals surface area contributed by atoms with Gasteiger partial charge in [0.15, 0.2) is 5.58 Å². The molecule has 0 amide bonds. The first kappa shape index (κ1) is 14.9. The van der Waals surface area contributed by atoms with E-state index in [1.165, 1.54) is 12.1 Å². The number of aliphatic hydroxyl groups is 1. The standard InChI is InChI=1S/C15H19N3O4/c1-10-3-2-4-12(9-19)17(10)8-15-16-13-7-11(18(20)21)5-6-14(13)22-15/h5-7,10,12,19H,2-4,8-9H2,1H3. The van der Waals surface area contributed by atoms with E-state index in [0.29, 0.717) is 29.6 Å². The average molecular weight is 305 g/mol. The Labute approximate surface area is 127 Å². The van der Waals surface area contributed by atoms with Crippen LogP contribution in [0.3, 0.4) is 0 Å². The highest BCUT2D eigenvalue weighted by atomic mass is 16.6. The number of hydrogen-bond acceptors (Lipinski definition) is 6. The fraction of sp³-hybridized carbons (Fsp3) is 0.533. The lowest BCUT2D eigenvalue weighted by Gasteiger charge is -2.38. The topological polar surface area (TPSA) is 92.6 Å². The van der Waals surface area contributed by atoms with Gasteiger partial charge >= 0.3 is 0 Å². The largest absolute Gasteiger partial charge is 0.439 e. The summed E-state index contributed by atoms with van der Waals surface area (Å²) in [5.41, 5.74) is 1.05. The number of nitro groups is 1. The Morgan fingerprint density at radius 1 is 1.50 bits per heavy atom. The van der Waals surface area contributed by atoms with E-state index in [0.717, 1.165) is 19.3 Å². The molecule has 0 aliphatic carbocycles. The first-order valence-corrected chi connectivity index (χ1v) is 7.49. The van der Waals surface area contributed by atoms with E-state index >= 15 is 0 Å². The number of likely N-dealkylation sites (tertiary alicyclic amines) is 1. The fourth-order valence-corrected chi connectivity index (χ4v) is 3.12. The molecular formula is C15H19N3O4. The van der Waals surface area contributed by atoms with E-state index in [9.17, 15) is 15.2 Å². The maximum atomic E-state index is 10.8. The smallest absolute Gasteiger partial charge is 0.271 e. The van der Waals surface area contributed by atoms with Crippen molar-refractivity contribution in [1.82, 2.24) is 9.88 Å². The van der Waals surface area contributed by atoms with Crippen molar-refractivity contribution < 1.29 is 14.4 Å². The van der Waals surface area contributed by atoms with E-state index in [-0.39, 0.29) is 18.3 Å². The van der Waals surface area contributed by atoms with Gasteiger partial charge in [0.2, 0.25) is 5.89 Å². The summed E-state index contributed by atoms with van der Waals surface area (Å²) in [7, 11) is 0. The van der Waals surface area contributed by atoms with Crippen LogP contribution in [-0.4, -0.2) is 38.6 Å². The van der Waals surface area contributed by atoms with Crippen molar-refractivity contribution in [2.45, 2.75) is 44.8 Å². The summed E-state index contributed by atoms with van der Waals surface area (Å²) in [4.78, 5) is 16.9. The van der Waals surface area contributed by atoms with E-state index in [1.54, 1.807) is 6.07 Å². The molecule has 7 nitrogen and oxygen atoms in total. The molecule has 0 saturated carbocycles. The Bertz CT molecular complexity index is 684. The third kappa shape index (κ3) is 2.82. The number of oxazole rings is 1. The van der Waals surface area contributed by atoms with Crippen LogP contribution in [0, 0.1) is 10.1 Å². The van der Waals surface area contributed by atoms with Crippen molar-refractivity contribution in [3.05, 3.63) is 34.2 Å². The van der Waals surface area contributed by atoms with E-state index in [1.807, 2.05) is 0 Å². The van der Waals surface area contributed by atoms with Gasteiger partial charge in [-0.25, -0.2) is 4.98 Å². The first-order valence-electron chi connectivity index (χ1n) is 7.49. The van der Waals surface area contributed by atoms with Gasteiger partial charge < -0.3 is 9.52 Å². The molecule has 2 atom stereocenters. The molecule has 118 valence electrons. The fourth-order valence-electron chi connectivity index (χ4n) is 3.12. The van der Waals surface area contributed by atoms with Crippen LogP contribution < -0.4 is 0 Å². The second-order valence-corrected chi connectivity index (χ2v) is 5.81. The number of aliphatic hydroxyl groups excluding tert-OH is 1. The van der Waals surface area contributed by atoms with Gasteiger partial charge in [0.05, 0.1) is 18.1 Å². The average Bonchev–Trinajstić information content (AvgIpc) is 2.90. The quantitative estimate of drug-likeness (QED) is 0.689.